The van der Waals surface area contributed by atoms with Crippen molar-refractivity contribution in [1.82, 2.24) is 4.90 Å². The van der Waals surface area contributed by atoms with E-state index >= 15 is 4.79 Å². The molecule has 1 fully saturated rings. The van der Waals surface area contributed by atoms with E-state index in [0.717, 1.165) is 30.4 Å². The third kappa shape index (κ3) is 11.7. The molecule has 2 aromatic rings. The summed E-state index contributed by atoms with van der Waals surface area (Å²) in [5.41, 5.74) is -2.38. The van der Waals surface area contributed by atoms with Crippen LogP contribution in [0.15, 0.2) is 72.3 Å². The van der Waals surface area contributed by atoms with Crippen molar-refractivity contribution in [2.75, 3.05) is 11.5 Å². The Bertz CT molecular complexity index is 1380. The zero-order chi connectivity index (χ0) is 38.2. The summed E-state index contributed by atoms with van der Waals surface area (Å²) in [5.74, 6) is 0.991. The van der Waals surface area contributed by atoms with Gasteiger partial charge in [-0.05, 0) is 82.5 Å². The van der Waals surface area contributed by atoms with Gasteiger partial charge in [-0.15, -0.1) is 0 Å². The van der Waals surface area contributed by atoms with Gasteiger partial charge in [0.15, 0.2) is 11.2 Å². The van der Waals surface area contributed by atoms with Crippen LogP contribution in [0.4, 0.5) is 0 Å². The average molecular weight is 752 g/mol. The van der Waals surface area contributed by atoms with E-state index < -0.39 is 34.7 Å². The van der Waals surface area contributed by atoms with E-state index in [1.54, 1.807) is 26.8 Å². The molecule has 52 heavy (non-hydrogen) atoms. The molecule has 0 radical (unpaired) electrons. The van der Waals surface area contributed by atoms with Gasteiger partial charge in [0.1, 0.15) is 5.60 Å². The number of carbonyl (C=O) groups excluding carboxylic acids is 2. The molecule has 6 nitrogen and oxygen atoms in total. The molecule has 1 aliphatic rings. The topological polar surface area (TPSA) is 76.1 Å². The van der Waals surface area contributed by atoms with Gasteiger partial charge in [-0.25, -0.2) is 4.79 Å². The average Bonchev–Trinajstić information content (AvgIpc) is 3.44. The number of benzene rings is 2. The second kappa shape index (κ2) is 21.3. The molecule has 8 heteroatoms. The first kappa shape index (κ1) is 43.7. The van der Waals surface area contributed by atoms with Gasteiger partial charge in [-0.1, -0.05) is 146 Å². The Morgan fingerprint density at radius 1 is 0.865 bits per heavy atom. The monoisotopic (exact) mass is 751 g/mol. The van der Waals surface area contributed by atoms with Crippen molar-refractivity contribution in [3.05, 3.63) is 83.4 Å². The summed E-state index contributed by atoms with van der Waals surface area (Å²) in [6.07, 6.45) is 14.8. The number of allylic oxidation sites excluding steroid dienone is 1. The summed E-state index contributed by atoms with van der Waals surface area (Å²) >= 11 is 7.99. The zero-order valence-corrected chi connectivity index (χ0v) is 34.6. The van der Waals surface area contributed by atoms with Crippen molar-refractivity contribution >= 4 is 41.0 Å². The molecule has 288 valence electrons. The summed E-state index contributed by atoms with van der Waals surface area (Å²) in [6.45, 7) is 13.5. The highest BCUT2D eigenvalue weighted by Crippen LogP contribution is 2.48. The second-order valence-corrected chi connectivity index (χ2v) is 17.1. The summed E-state index contributed by atoms with van der Waals surface area (Å²) in [6, 6.07) is 19.1. The molecular formula is C44H65NO5S2. The van der Waals surface area contributed by atoms with Crippen molar-refractivity contribution in [3.63, 3.8) is 0 Å². The van der Waals surface area contributed by atoms with Crippen LogP contribution in [0, 0.1) is 5.92 Å². The van der Waals surface area contributed by atoms with Crippen molar-refractivity contribution < 1.29 is 24.2 Å². The first-order valence-corrected chi connectivity index (χ1v) is 21.3. The van der Waals surface area contributed by atoms with E-state index in [4.69, 9.17) is 21.7 Å². The standard InChI is InChI=1S/C44H65NO5S2/c1-8-10-11-15-24-32-52-33-25-16-13-12-14-23-30-37(43(48,31-9-2)40(47)49-42(5,6)7)39(46)45-38(34(3)4)44(50-41(45)51,35-26-19-17-20-27-35)36-28-21-18-22-29-36/h17-22,26-30,34,38,48H,8-16,23-25,31-33H2,1-7H3/b37-30+/t38-,43-/m0/s1. The molecule has 1 aliphatic heterocycles. The molecule has 1 heterocycles. The van der Waals surface area contributed by atoms with Gasteiger partial charge in [-0.3, -0.25) is 9.69 Å². The maximum absolute atomic E-state index is 15.1. The lowest BCUT2D eigenvalue weighted by molar-refractivity contribution is -0.175. The maximum Gasteiger partial charge on any atom is 0.343 e. The summed E-state index contributed by atoms with van der Waals surface area (Å²) in [7, 11) is 0. The minimum Gasteiger partial charge on any atom is -0.458 e. The molecule has 0 bridgehead atoms. The smallest absolute Gasteiger partial charge is 0.343 e. The summed E-state index contributed by atoms with van der Waals surface area (Å²) in [4.78, 5) is 30.5. The van der Waals surface area contributed by atoms with Crippen LogP contribution in [0.2, 0.25) is 0 Å². The number of thiocarbonyl (C=S) groups is 1. The molecule has 0 unspecified atom stereocenters. The lowest BCUT2D eigenvalue weighted by Gasteiger charge is -2.39. The Morgan fingerprint density at radius 2 is 1.38 bits per heavy atom. The third-order valence-corrected chi connectivity index (χ3v) is 11.1. The summed E-state index contributed by atoms with van der Waals surface area (Å²) < 4.78 is 12.5. The van der Waals surface area contributed by atoms with E-state index in [2.05, 4.69) is 18.7 Å². The quantitative estimate of drug-likeness (QED) is 0.0555. The third-order valence-electron chi connectivity index (χ3n) is 9.65. The molecule has 0 spiro atoms. The number of esters is 1. The lowest BCUT2D eigenvalue weighted by Crippen LogP contribution is -2.54. The van der Waals surface area contributed by atoms with Gasteiger partial charge in [0.05, 0.1) is 11.6 Å². The second-order valence-electron chi connectivity index (χ2n) is 15.5. The highest BCUT2D eigenvalue weighted by Gasteiger charge is 2.59. The van der Waals surface area contributed by atoms with Crippen LogP contribution in [0.1, 0.15) is 143 Å². The first-order valence-electron chi connectivity index (χ1n) is 19.7. The minimum atomic E-state index is -2.16. The molecule has 1 saturated heterocycles. The number of thioether (sulfide) groups is 1. The maximum atomic E-state index is 15.1. The minimum absolute atomic E-state index is 0.00691. The molecule has 2 atom stereocenters. The molecule has 1 amide bonds. The normalized spacial score (nSPS) is 17.2. The number of nitrogens with zero attached hydrogens (tertiary/aromatic N) is 1. The van der Waals surface area contributed by atoms with Gasteiger partial charge in [0.25, 0.3) is 11.1 Å². The van der Waals surface area contributed by atoms with Crippen LogP contribution >= 0.6 is 24.0 Å². The van der Waals surface area contributed by atoms with E-state index in [0.29, 0.717) is 12.8 Å². The van der Waals surface area contributed by atoms with E-state index in [1.807, 2.05) is 81.4 Å². The number of amides is 1. The number of rotatable bonds is 22. The van der Waals surface area contributed by atoms with Crippen molar-refractivity contribution in [2.45, 2.75) is 155 Å². The van der Waals surface area contributed by atoms with Gasteiger partial charge < -0.3 is 14.6 Å². The summed E-state index contributed by atoms with van der Waals surface area (Å²) in [5, 5.41) is 12.4. The Kier molecular flexibility index (Phi) is 17.9. The van der Waals surface area contributed by atoms with Crippen LogP contribution in [0.25, 0.3) is 0 Å². The van der Waals surface area contributed by atoms with Crippen LogP contribution in [-0.2, 0) is 24.7 Å². The number of ether oxygens (including phenoxy) is 2. The predicted molar refractivity (Wildman–Crippen MR) is 220 cm³/mol. The van der Waals surface area contributed by atoms with Crippen LogP contribution in [0.5, 0.6) is 0 Å². The Balaban J connectivity index is 1.89. The highest BCUT2D eigenvalue weighted by atomic mass is 32.2. The van der Waals surface area contributed by atoms with E-state index in [-0.39, 0.29) is 23.1 Å². The SMILES string of the molecule is CCCCCCCSCCCCCCC/C=C(\C(=O)N1C(=S)OC(c2ccccc2)(c2ccccc2)[C@@H]1C(C)C)[C@@](O)(CCC)C(=O)OC(C)(C)C. The van der Waals surface area contributed by atoms with E-state index in [9.17, 15) is 9.90 Å². The van der Waals surface area contributed by atoms with Gasteiger partial charge >= 0.3 is 5.97 Å². The van der Waals surface area contributed by atoms with Crippen molar-refractivity contribution in [2.24, 2.45) is 5.92 Å². The van der Waals surface area contributed by atoms with Crippen LogP contribution < -0.4 is 0 Å². The molecule has 0 aliphatic carbocycles. The largest absolute Gasteiger partial charge is 0.458 e. The fraction of sp³-hybridized carbons (Fsp3) is 0.614. The Labute approximate surface area is 324 Å². The predicted octanol–water partition coefficient (Wildman–Crippen LogP) is 10.9. The van der Waals surface area contributed by atoms with Crippen LogP contribution in [-0.4, -0.2) is 55.8 Å². The fourth-order valence-corrected chi connectivity index (χ4v) is 8.53. The Morgan fingerprint density at radius 3 is 1.88 bits per heavy atom. The fourth-order valence-electron chi connectivity index (χ4n) is 7.19. The van der Waals surface area contributed by atoms with Gasteiger partial charge in [0, 0.05) is 11.1 Å². The molecule has 3 rings (SSSR count). The van der Waals surface area contributed by atoms with E-state index in [1.165, 1.54) is 61.4 Å². The molecule has 1 N–H and O–H groups in total. The molecule has 0 aromatic heterocycles. The van der Waals surface area contributed by atoms with Gasteiger partial charge in [0.2, 0.25) is 0 Å². The molecule has 0 saturated carbocycles. The van der Waals surface area contributed by atoms with Crippen LogP contribution in [0.3, 0.4) is 0 Å². The highest BCUT2D eigenvalue weighted by molar-refractivity contribution is 7.99. The van der Waals surface area contributed by atoms with Gasteiger partial charge in [-0.2, -0.15) is 11.8 Å². The Hall–Kier alpha value is -2.68. The number of aliphatic hydroxyl groups is 1. The van der Waals surface area contributed by atoms with Crippen molar-refractivity contribution in [1.29, 1.82) is 0 Å². The first-order chi connectivity index (χ1) is 24.8. The number of hydrogen-bond donors (Lipinski definition) is 1. The van der Waals surface area contributed by atoms with Crippen molar-refractivity contribution in [3.8, 4) is 0 Å². The lowest BCUT2D eigenvalue weighted by atomic mass is 9.75. The zero-order valence-electron chi connectivity index (χ0n) is 33.0. The number of unbranched alkanes of at least 4 members (excludes halogenated alkanes) is 9. The molecule has 2 aromatic carbocycles. The molecular weight excluding hydrogens is 687 g/mol. The number of hydrogen-bond acceptors (Lipinski definition) is 7. The number of carbonyl (C=O) groups is 2.